The minimum Gasteiger partial charge on any atom is -0.465 e. The summed E-state index contributed by atoms with van der Waals surface area (Å²) in [4.78, 5) is 30.3. The van der Waals surface area contributed by atoms with Gasteiger partial charge in [0.05, 0.1) is 16.8 Å². The molecule has 0 radical (unpaired) electrons. The van der Waals surface area contributed by atoms with E-state index in [1.807, 2.05) is 30.3 Å². The first-order valence-corrected chi connectivity index (χ1v) is 11.8. The van der Waals surface area contributed by atoms with Gasteiger partial charge in [0.2, 0.25) is 5.91 Å². The molecule has 3 aromatic rings. The number of anilines is 1. The highest BCUT2D eigenvalue weighted by Gasteiger charge is 2.36. The first-order valence-electron chi connectivity index (χ1n) is 11.0. The van der Waals surface area contributed by atoms with Crippen LogP contribution >= 0.6 is 11.3 Å². The fraction of sp³-hybridized carbons (Fsp3) is 0.400. The number of esters is 1. The van der Waals surface area contributed by atoms with Crippen molar-refractivity contribution in [2.45, 2.75) is 46.0 Å². The molecule has 31 heavy (non-hydrogen) atoms. The summed E-state index contributed by atoms with van der Waals surface area (Å²) in [7, 11) is 0. The number of aryl methyl sites for hydroxylation is 1. The highest BCUT2D eigenvalue weighted by molar-refractivity contribution is 7.21. The van der Waals surface area contributed by atoms with Gasteiger partial charge in [-0.15, -0.1) is 11.3 Å². The van der Waals surface area contributed by atoms with Crippen molar-refractivity contribution in [3.05, 3.63) is 48.0 Å². The molecule has 1 saturated carbocycles. The molecule has 0 bridgehead atoms. The van der Waals surface area contributed by atoms with Crippen molar-refractivity contribution in [2.24, 2.45) is 11.8 Å². The van der Waals surface area contributed by atoms with Crippen molar-refractivity contribution in [1.29, 1.82) is 0 Å². The molecular weight excluding hydrogens is 408 g/mol. The van der Waals surface area contributed by atoms with E-state index >= 15 is 0 Å². The van der Waals surface area contributed by atoms with Crippen molar-refractivity contribution in [1.82, 2.24) is 4.98 Å². The molecule has 1 amide bonds. The molecule has 0 spiro atoms. The Morgan fingerprint density at radius 2 is 1.87 bits per heavy atom. The number of benzene rings is 2. The number of rotatable bonds is 6. The molecule has 1 N–H and O–H groups in total. The first-order chi connectivity index (χ1) is 15.0. The average Bonchev–Trinajstić information content (AvgIpc) is 3.18. The van der Waals surface area contributed by atoms with Gasteiger partial charge in [-0.05, 0) is 74.6 Å². The van der Waals surface area contributed by atoms with Gasteiger partial charge >= 0.3 is 5.97 Å². The lowest BCUT2D eigenvalue weighted by Gasteiger charge is -2.27. The summed E-state index contributed by atoms with van der Waals surface area (Å²) >= 11 is 1.66. The molecule has 6 heteroatoms. The van der Waals surface area contributed by atoms with Crippen LogP contribution in [0.5, 0.6) is 0 Å². The fourth-order valence-electron chi connectivity index (χ4n) is 4.28. The summed E-state index contributed by atoms with van der Waals surface area (Å²) in [5.74, 6) is -1.37. The fourth-order valence-corrected chi connectivity index (χ4v) is 5.35. The normalized spacial score (nSPS) is 15.5. The zero-order chi connectivity index (χ0) is 21.8. The minimum absolute atomic E-state index is 0.0540. The highest BCUT2D eigenvalue weighted by atomic mass is 32.1. The molecule has 162 valence electrons. The smallest absolute Gasteiger partial charge is 0.318 e. The van der Waals surface area contributed by atoms with Gasteiger partial charge in [0, 0.05) is 11.3 Å². The quantitative estimate of drug-likeness (QED) is 0.382. The van der Waals surface area contributed by atoms with E-state index in [0.717, 1.165) is 46.5 Å². The van der Waals surface area contributed by atoms with E-state index in [-0.39, 0.29) is 18.4 Å². The predicted molar refractivity (Wildman–Crippen MR) is 125 cm³/mol. The lowest BCUT2D eigenvalue weighted by molar-refractivity contribution is -0.153. The molecule has 1 aliphatic rings. The minimum atomic E-state index is -0.743. The second-order valence-corrected chi connectivity index (χ2v) is 9.22. The van der Waals surface area contributed by atoms with E-state index in [1.54, 1.807) is 18.3 Å². The molecule has 1 heterocycles. The third-order valence-corrected chi connectivity index (χ3v) is 6.95. The van der Waals surface area contributed by atoms with Crippen molar-refractivity contribution < 1.29 is 14.3 Å². The van der Waals surface area contributed by atoms with Crippen molar-refractivity contribution in [2.75, 3.05) is 11.9 Å². The topological polar surface area (TPSA) is 68.3 Å². The number of ether oxygens (including phenoxy) is 1. The Kier molecular flexibility index (Phi) is 6.66. The Morgan fingerprint density at radius 1 is 1.13 bits per heavy atom. The molecule has 1 aromatic heterocycles. The second kappa shape index (κ2) is 9.60. The van der Waals surface area contributed by atoms with Crippen LogP contribution in [0.4, 0.5) is 5.69 Å². The third-order valence-electron chi connectivity index (χ3n) is 5.89. The third kappa shape index (κ3) is 4.96. The highest BCUT2D eigenvalue weighted by Crippen LogP contribution is 2.33. The molecule has 4 rings (SSSR count). The van der Waals surface area contributed by atoms with Crippen LogP contribution in [0.3, 0.4) is 0 Å². The average molecular weight is 437 g/mol. The van der Waals surface area contributed by atoms with E-state index in [1.165, 1.54) is 12.0 Å². The number of amides is 1. The molecule has 1 atom stereocenters. The van der Waals surface area contributed by atoms with E-state index in [9.17, 15) is 9.59 Å². The summed E-state index contributed by atoms with van der Waals surface area (Å²) in [5, 5.41) is 3.88. The van der Waals surface area contributed by atoms with Crippen molar-refractivity contribution in [3.8, 4) is 10.6 Å². The van der Waals surface area contributed by atoms with Gasteiger partial charge in [-0.1, -0.05) is 25.3 Å². The standard InChI is InChI=1S/C25H28N2O3S/c1-3-30-25(29)22(17-7-5-4-6-8-17)23(28)26-19-12-10-18(11-13-19)24-27-20-14-9-16(2)15-21(20)31-24/h9-15,17,22H,3-8H2,1-2H3,(H,26,28)/t22-/m1/s1. The van der Waals surface area contributed by atoms with Gasteiger partial charge in [-0.2, -0.15) is 0 Å². The van der Waals surface area contributed by atoms with Crippen LogP contribution in [0.15, 0.2) is 42.5 Å². The Hall–Kier alpha value is -2.73. The van der Waals surface area contributed by atoms with Gasteiger partial charge in [0.1, 0.15) is 10.9 Å². The van der Waals surface area contributed by atoms with E-state index in [4.69, 9.17) is 9.72 Å². The summed E-state index contributed by atoms with van der Waals surface area (Å²) in [6.07, 6.45) is 5.08. The molecule has 0 unspecified atom stereocenters. The molecule has 0 aliphatic heterocycles. The van der Waals surface area contributed by atoms with Crippen LogP contribution in [0.1, 0.15) is 44.6 Å². The predicted octanol–water partition coefficient (Wildman–Crippen LogP) is 5.97. The molecular formula is C25H28N2O3S. The molecule has 0 saturated heterocycles. The monoisotopic (exact) mass is 436 g/mol. The van der Waals surface area contributed by atoms with Crippen LogP contribution in [-0.2, 0) is 14.3 Å². The summed E-state index contributed by atoms with van der Waals surface area (Å²) in [5.41, 5.74) is 3.89. The molecule has 2 aromatic carbocycles. The SMILES string of the molecule is CCOC(=O)[C@@H](C(=O)Nc1ccc(-c2nc3ccc(C)cc3s2)cc1)C1CCCCC1. The number of carbonyl (C=O) groups excluding carboxylic acids is 2. The van der Waals surface area contributed by atoms with Crippen LogP contribution in [-0.4, -0.2) is 23.5 Å². The van der Waals surface area contributed by atoms with Gasteiger partial charge in [-0.25, -0.2) is 4.98 Å². The number of carbonyl (C=O) groups is 2. The largest absolute Gasteiger partial charge is 0.465 e. The lowest BCUT2D eigenvalue weighted by atomic mass is 9.79. The number of nitrogens with zero attached hydrogens (tertiary/aromatic N) is 1. The maximum absolute atomic E-state index is 13.0. The van der Waals surface area contributed by atoms with Gasteiger partial charge < -0.3 is 10.1 Å². The maximum atomic E-state index is 13.0. The zero-order valence-corrected chi connectivity index (χ0v) is 18.8. The van der Waals surface area contributed by atoms with Crippen LogP contribution in [0.2, 0.25) is 0 Å². The Balaban J connectivity index is 1.49. The summed E-state index contributed by atoms with van der Waals surface area (Å²) in [6, 6.07) is 13.9. The molecule has 1 fully saturated rings. The second-order valence-electron chi connectivity index (χ2n) is 8.18. The Morgan fingerprint density at radius 3 is 2.58 bits per heavy atom. The van der Waals surface area contributed by atoms with E-state index < -0.39 is 11.9 Å². The number of aromatic nitrogens is 1. The van der Waals surface area contributed by atoms with Crippen molar-refractivity contribution in [3.63, 3.8) is 0 Å². The van der Waals surface area contributed by atoms with E-state index in [2.05, 4.69) is 24.4 Å². The Labute approximate surface area is 186 Å². The number of thiazole rings is 1. The number of nitrogens with one attached hydrogen (secondary N) is 1. The summed E-state index contributed by atoms with van der Waals surface area (Å²) in [6.45, 7) is 4.13. The van der Waals surface area contributed by atoms with Crippen LogP contribution < -0.4 is 5.32 Å². The maximum Gasteiger partial charge on any atom is 0.318 e. The number of fused-ring (bicyclic) bond motifs is 1. The molecule has 1 aliphatic carbocycles. The lowest BCUT2D eigenvalue weighted by Crippen LogP contribution is -2.37. The number of hydrogen-bond donors (Lipinski definition) is 1. The van der Waals surface area contributed by atoms with Crippen LogP contribution in [0.25, 0.3) is 20.8 Å². The van der Waals surface area contributed by atoms with Crippen molar-refractivity contribution >= 4 is 39.1 Å². The van der Waals surface area contributed by atoms with Gasteiger partial charge in [-0.3, -0.25) is 9.59 Å². The number of hydrogen-bond acceptors (Lipinski definition) is 5. The Bertz CT molecular complexity index is 1070. The first kappa shape index (κ1) is 21.5. The summed E-state index contributed by atoms with van der Waals surface area (Å²) < 4.78 is 6.39. The van der Waals surface area contributed by atoms with Gasteiger partial charge in [0.15, 0.2) is 0 Å². The molecule has 5 nitrogen and oxygen atoms in total. The zero-order valence-electron chi connectivity index (χ0n) is 18.0. The van der Waals surface area contributed by atoms with Crippen LogP contribution in [0, 0.1) is 18.8 Å². The van der Waals surface area contributed by atoms with E-state index in [0.29, 0.717) is 5.69 Å². The van der Waals surface area contributed by atoms with Gasteiger partial charge in [0.25, 0.3) is 0 Å².